The fraction of sp³-hybridized carbons (Fsp3) is 0.615. The van der Waals surface area contributed by atoms with E-state index in [9.17, 15) is 13.2 Å². The lowest BCUT2D eigenvalue weighted by molar-refractivity contribution is 0.0955. The van der Waals surface area contributed by atoms with Crippen LogP contribution in [0, 0.1) is 5.92 Å². The van der Waals surface area contributed by atoms with Crippen LogP contribution in [0.15, 0.2) is 17.2 Å². The number of sulfonamides is 1. The van der Waals surface area contributed by atoms with Gasteiger partial charge in [0.15, 0.2) is 0 Å². The van der Waals surface area contributed by atoms with Gasteiger partial charge in [-0.2, -0.15) is 4.31 Å². The van der Waals surface area contributed by atoms with E-state index in [1.807, 2.05) is 7.05 Å². The Bertz CT molecular complexity index is 623. The first-order valence-corrected chi connectivity index (χ1v) is 8.37. The second-order valence-electron chi connectivity index (χ2n) is 5.33. The molecule has 0 spiro atoms. The maximum atomic E-state index is 12.6. The molecular weight excluding hydrogens is 292 g/mol. The Kier molecular flexibility index (Phi) is 4.70. The number of hydrogen-bond acceptors (Lipinski definition) is 4. The summed E-state index contributed by atoms with van der Waals surface area (Å²) < 4.78 is 28.3. The highest BCUT2D eigenvalue weighted by molar-refractivity contribution is 7.89. The van der Waals surface area contributed by atoms with Crippen molar-refractivity contribution in [1.29, 1.82) is 0 Å². The van der Waals surface area contributed by atoms with E-state index in [0.717, 1.165) is 13.0 Å². The zero-order valence-electron chi connectivity index (χ0n) is 12.6. The van der Waals surface area contributed by atoms with Crippen LogP contribution >= 0.6 is 0 Å². The lowest BCUT2D eigenvalue weighted by Gasteiger charge is -2.15. The van der Waals surface area contributed by atoms with E-state index in [1.165, 1.54) is 28.2 Å². The molecule has 1 amide bonds. The van der Waals surface area contributed by atoms with Crippen LogP contribution in [0.3, 0.4) is 0 Å². The van der Waals surface area contributed by atoms with Crippen LogP contribution in [-0.4, -0.2) is 56.9 Å². The second kappa shape index (κ2) is 6.17. The van der Waals surface area contributed by atoms with Crippen LogP contribution < -0.4 is 10.6 Å². The highest BCUT2D eigenvalue weighted by Crippen LogP contribution is 2.25. The number of rotatable bonds is 5. The molecule has 0 bridgehead atoms. The van der Waals surface area contributed by atoms with Gasteiger partial charge in [0.25, 0.3) is 5.91 Å². The van der Waals surface area contributed by atoms with Gasteiger partial charge in [-0.05, 0) is 32.0 Å². The quantitative estimate of drug-likeness (QED) is 0.776. The van der Waals surface area contributed by atoms with E-state index in [4.69, 9.17) is 0 Å². The van der Waals surface area contributed by atoms with Crippen LogP contribution in [0.1, 0.15) is 16.9 Å². The summed E-state index contributed by atoms with van der Waals surface area (Å²) in [5.74, 6) is 0.0420. The molecule has 0 aromatic carbocycles. The minimum Gasteiger partial charge on any atom is -0.354 e. The molecule has 8 heteroatoms. The third kappa shape index (κ3) is 3.12. The minimum atomic E-state index is -3.53. The van der Waals surface area contributed by atoms with Gasteiger partial charge in [-0.25, -0.2) is 8.42 Å². The van der Waals surface area contributed by atoms with E-state index in [1.54, 1.807) is 7.05 Å². The Hall–Kier alpha value is -1.38. The molecule has 1 fully saturated rings. The molecule has 1 aromatic rings. The number of carbonyl (C=O) groups is 1. The number of hydrogen-bond donors (Lipinski definition) is 2. The van der Waals surface area contributed by atoms with Crippen molar-refractivity contribution in [3.05, 3.63) is 18.0 Å². The van der Waals surface area contributed by atoms with Gasteiger partial charge in [0.2, 0.25) is 10.0 Å². The predicted octanol–water partition coefficient (Wildman–Crippen LogP) is -0.385. The number of carbonyl (C=O) groups excluding carboxylic acids is 1. The van der Waals surface area contributed by atoms with Crippen molar-refractivity contribution >= 4 is 15.9 Å². The smallest absolute Gasteiger partial charge is 0.267 e. The van der Waals surface area contributed by atoms with Crippen molar-refractivity contribution in [3.63, 3.8) is 0 Å². The maximum Gasteiger partial charge on any atom is 0.267 e. The normalized spacial score (nSPS) is 19.9. The SMILES string of the molecule is CNCC1CCN(S(=O)(=O)c2cc(C(=O)NC)n(C)c2)C1. The van der Waals surface area contributed by atoms with Gasteiger partial charge in [-0.1, -0.05) is 0 Å². The number of aryl methyl sites for hydroxylation is 1. The molecule has 2 N–H and O–H groups in total. The van der Waals surface area contributed by atoms with Gasteiger partial charge in [-0.15, -0.1) is 0 Å². The van der Waals surface area contributed by atoms with Crippen LogP contribution in [0.2, 0.25) is 0 Å². The molecule has 7 nitrogen and oxygen atoms in total. The van der Waals surface area contributed by atoms with Gasteiger partial charge in [0.1, 0.15) is 10.6 Å². The molecule has 21 heavy (non-hydrogen) atoms. The summed E-state index contributed by atoms with van der Waals surface area (Å²) in [6.07, 6.45) is 2.35. The van der Waals surface area contributed by atoms with Gasteiger partial charge in [0, 0.05) is 33.4 Å². The number of nitrogens with zero attached hydrogens (tertiary/aromatic N) is 2. The zero-order valence-corrected chi connectivity index (χ0v) is 13.4. The lowest BCUT2D eigenvalue weighted by atomic mass is 10.1. The molecule has 1 aliphatic heterocycles. The Labute approximate surface area is 125 Å². The summed E-state index contributed by atoms with van der Waals surface area (Å²) in [4.78, 5) is 11.9. The largest absolute Gasteiger partial charge is 0.354 e. The molecule has 0 aliphatic carbocycles. The molecule has 2 rings (SSSR count). The van der Waals surface area contributed by atoms with Crippen molar-refractivity contribution < 1.29 is 13.2 Å². The Morgan fingerprint density at radius 1 is 1.43 bits per heavy atom. The average molecular weight is 314 g/mol. The summed E-state index contributed by atoms with van der Waals surface area (Å²) in [5.41, 5.74) is 0.335. The molecule has 1 unspecified atom stereocenters. The summed E-state index contributed by atoms with van der Waals surface area (Å²) in [7, 11) is 1.52. The third-order valence-electron chi connectivity index (χ3n) is 3.82. The topological polar surface area (TPSA) is 83.4 Å². The Balaban J connectivity index is 2.23. The zero-order chi connectivity index (χ0) is 15.6. The summed E-state index contributed by atoms with van der Waals surface area (Å²) in [6.45, 7) is 1.86. The molecule has 118 valence electrons. The van der Waals surface area contributed by atoms with E-state index >= 15 is 0 Å². The van der Waals surface area contributed by atoms with E-state index in [-0.39, 0.29) is 10.8 Å². The molecule has 1 aromatic heterocycles. The van der Waals surface area contributed by atoms with Gasteiger partial charge in [0.05, 0.1) is 0 Å². The molecule has 0 radical (unpaired) electrons. The van der Waals surface area contributed by atoms with Crippen molar-refractivity contribution in [2.45, 2.75) is 11.3 Å². The predicted molar refractivity (Wildman–Crippen MR) is 79.6 cm³/mol. The average Bonchev–Trinajstić information content (AvgIpc) is 3.06. The van der Waals surface area contributed by atoms with Gasteiger partial charge < -0.3 is 15.2 Å². The molecule has 1 atom stereocenters. The van der Waals surface area contributed by atoms with Gasteiger partial charge in [-0.3, -0.25) is 4.79 Å². The molecule has 2 heterocycles. The first-order valence-electron chi connectivity index (χ1n) is 6.93. The van der Waals surface area contributed by atoms with Crippen molar-refractivity contribution in [2.24, 2.45) is 13.0 Å². The maximum absolute atomic E-state index is 12.6. The van der Waals surface area contributed by atoms with Gasteiger partial charge >= 0.3 is 0 Å². The highest BCUT2D eigenvalue weighted by atomic mass is 32.2. The first-order chi connectivity index (χ1) is 9.90. The van der Waals surface area contributed by atoms with Crippen LogP contribution in [0.4, 0.5) is 0 Å². The lowest BCUT2D eigenvalue weighted by Crippen LogP contribution is -2.30. The molecule has 1 aliphatic rings. The van der Waals surface area contributed by atoms with Crippen LogP contribution in [0.25, 0.3) is 0 Å². The standard InChI is InChI=1S/C13H22N4O3S/c1-14-7-10-4-5-17(8-10)21(19,20)11-6-12(13(18)15-2)16(3)9-11/h6,9-10,14H,4-5,7-8H2,1-3H3,(H,15,18). The Morgan fingerprint density at radius 3 is 2.76 bits per heavy atom. The van der Waals surface area contributed by atoms with Crippen molar-refractivity contribution in [3.8, 4) is 0 Å². The summed E-state index contributed by atoms with van der Waals surface area (Å²) >= 11 is 0. The van der Waals surface area contributed by atoms with Crippen molar-refractivity contribution in [2.75, 3.05) is 33.7 Å². The van der Waals surface area contributed by atoms with Crippen molar-refractivity contribution in [1.82, 2.24) is 19.5 Å². The third-order valence-corrected chi connectivity index (χ3v) is 5.65. The van der Waals surface area contributed by atoms with Crippen LogP contribution in [0.5, 0.6) is 0 Å². The number of nitrogens with one attached hydrogen (secondary N) is 2. The molecular formula is C13H22N4O3S. The van der Waals surface area contributed by atoms with E-state index in [0.29, 0.717) is 24.7 Å². The van der Waals surface area contributed by atoms with E-state index < -0.39 is 10.0 Å². The number of amides is 1. The van der Waals surface area contributed by atoms with E-state index in [2.05, 4.69) is 10.6 Å². The number of aromatic nitrogens is 1. The molecule has 1 saturated heterocycles. The highest BCUT2D eigenvalue weighted by Gasteiger charge is 2.33. The second-order valence-corrected chi connectivity index (χ2v) is 7.26. The summed E-state index contributed by atoms with van der Waals surface area (Å²) in [5, 5.41) is 5.58. The fourth-order valence-corrected chi connectivity index (χ4v) is 4.25. The van der Waals surface area contributed by atoms with Crippen LogP contribution in [-0.2, 0) is 17.1 Å². The minimum absolute atomic E-state index is 0.175. The monoisotopic (exact) mass is 314 g/mol. The Morgan fingerprint density at radius 2 is 2.14 bits per heavy atom. The fourth-order valence-electron chi connectivity index (χ4n) is 2.65. The summed E-state index contributed by atoms with van der Waals surface area (Å²) in [6, 6.07) is 1.43. The molecule has 0 saturated carbocycles. The first kappa shape index (κ1) is 16.0.